The third-order valence-corrected chi connectivity index (χ3v) is 3.81. The number of benzene rings is 3. The Kier molecular flexibility index (Phi) is 3.67. The highest BCUT2D eigenvalue weighted by Crippen LogP contribution is 2.51. The van der Waals surface area contributed by atoms with Gasteiger partial charge >= 0.3 is 0 Å². The highest BCUT2D eigenvalue weighted by Gasteiger charge is 2.23. The van der Waals surface area contributed by atoms with Crippen LogP contribution in [0.5, 0.6) is 23.0 Å². The standard InChI is InChI=1S/C18H18O4/c1-19-15-13-9-11-7-5-6-8-12(11)10-14(13)16(20-2)18(22-4)17(15)21-3/h5-10H,1-4H3. The fourth-order valence-corrected chi connectivity index (χ4v) is 2.84. The Hall–Kier alpha value is -2.62. The van der Waals surface area contributed by atoms with Gasteiger partial charge in [-0.25, -0.2) is 0 Å². The van der Waals surface area contributed by atoms with Crippen LogP contribution in [0.15, 0.2) is 36.4 Å². The molecule has 114 valence electrons. The summed E-state index contributed by atoms with van der Waals surface area (Å²) in [5, 5.41) is 4.11. The van der Waals surface area contributed by atoms with E-state index in [2.05, 4.69) is 24.3 Å². The third-order valence-electron chi connectivity index (χ3n) is 3.81. The van der Waals surface area contributed by atoms with Crippen LogP contribution in [0, 0.1) is 0 Å². The van der Waals surface area contributed by atoms with E-state index < -0.39 is 0 Å². The molecule has 3 aromatic rings. The van der Waals surface area contributed by atoms with Crippen LogP contribution in [0.25, 0.3) is 21.5 Å². The summed E-state index contributed by atoms with van der Waals surface area (Å²) in [5.74, 6) is 2.34. The van der Waals surface area contributed by atoms with Gasteiger partial charge in [-0.3, -0.25) is 0 Å². The summed E-state index contributed by atoms with van der Waals surface area (Å²) in [5.41, 5.74) is 0. The van der Waals surface area contributed by atoms with Gasteiger partial charge in [0.05, 0.1) is 28.4 Å². The lowest BCUT2D eigenvalue weighted by molar-refractivity contribution is 0.309. The molecule has 3 aromatic carbocycles. The first-order valence-electron chi connectivity index (χ1n) is 6.93. The van der Waals surface area contributed by atoms with E-state index in [1.54, 1.807) is 28.4 Å². The molecule has 0 aliphatic heterocycles. The van der Waals surface area contributed by atoms with E-state index in [1.807, 2.05) is 12.1 Å². The molecular weight excluding hydrogens is 280 g/mol. The predicted molar refractivity (Wildman–Crippen MR) is 87.7 cm³/mol. The Balaban J connectivity index is 2.54. The molecule has 0 spiro atoms. The van der Waals surface area contributed by atoms with Gasteiger partial charge in [-0.2, -0.15) is 0 Å². The van der Waals surface area contributed by atoms with Crippen molar-refractivity contribution in [2.45, 2.75) is 0 Å². The van der Waals surface area contributed by atoms with E-state index in [0.29, 0.717) is 23.0 Å². The molecule has 0 aliphatic rings. The van der Waals surface area contributed by atoms with Crippen molar-refractivity contribution in [1.29, 1.82) is 0 Å². The molecule has 0 saturated heterocycles. The lowest BCUT2D eigenvalue weighted by atomic mass is 10.0. The molecular formula is C18H18O4. The molecule has 22 heavy (non-hydrogen) atoms. The molecule has 4 nitrogen and oxygen atoms in total. The fourth-order valence-electron chi connectivity index (χ4n) is 2.84. The molecule has 0 N–H and O–H groups in total. The van der Waals surface area contributed by atoms with Crippen molar-refractivity contribution < 1.29 is 18.9 Å². The van der Waals surface area contributed by atoms with Crippen LogP contribution in [-0.4, -0.2) is 28.4 Å². The molecule has 0 radical (unpaired) electrons. The van der Waals surface area contributed by atoms with Crippen molar-refractivity contribution in [1.82, 2.24) is 0 Å². The first-order chi connectivity index (χ1) is 10.7. The number of hydrogen-bond acceptors (Lipinski definition) is 4. The zero-order chi connectivity index (χ0) is 15.7. The van der Waals surface area contributed by atoms with Crippen molar-refractivity contribution in [2.24, 2.45) is 0 Å². The van der Waals surface area contributed by atoms with Gasteiger partial charge in [-0.05, 0) is 22.9 Å². The summed E-state index contributed by atoms with van der Waals surface area (Å²) in [6.07, 6.45) is 0. The predicted octanol–water partition coefficient (Wildman–Crippen LogP) is 4.03. The first-order valence-corrected chi connectivity index (χ1v) is 6.93. The minimum atomic E-state index is 0.532. The topological polar surface area (TPSA) is 36.9 Å². The van der Waals surface area contributed by atoms with E-state index in [1.165, 1.54) is 0 Å². The monoisotopic (exact) mass is 298 g/mol. The molecule has 0 amide bonds. The van der Waals surface area contributed by atoms with E-state index in [9.17, 15) is 0 Å². The normalized spacial score (nSPS) is 10.7. The lowest BCUT2D eigenvalue weighted by Crippen LogP contribution is -1.99. The molecule has 0 heterocycles. The van der Waals surface area contributed by atoms with Crippen molar-refractivity contribution in [3.8, 4) is 23.0 Å². The average Bonchev–Trinajstić information content (AvgIpc) is 2.57. The van der Waals surface area contributed by atoms with Gasteiger partial charge in [0.15, 0.2) is 11.5 Å². The van der Waals surface area contributed by atoms with Gasteiger partial charge in [0, 0.05) is 10.8 Å². The maximum Gasteiger partial charge on any atom is 0.207 e. The molecule has 3 rings (SSSR count). The Labute approximate surface area is 129 Å². The molecule has 0 saturated carbocycles. The van der Waals surface area contributed by atoms with Gasteiger partial charge in [0.2, 0.25) is 11.5 Å². The molecule has 0 aromatic heterocycles. The van der Waals surface area contributed by atoms with Crippen LogP contribution < -0.4 is 18.9 Å². The Morgan fingerprint density at radius 2 is 0.909 bits per heavy atom. The number of ether oxygens (including phenoxy) is 4. The largest absolute Gasteiger partial charge is 0.492 e. The quantitative estimate of drug-likeness (QED) is 0.682. The van der Waals surface area contributed by atoms with Crippen LogP contribution in [0.1, 0.15) is 0 Å². The first kappa shape index (κ1) is 14.3. The number of fused-ring (bicyclic) bond motifs is 2. The highest BCUT2D eigenvalue weighted by atomic mass is 16.5. The van der Waals surface area contributed by atoms with Gasteiger partial charge in [-0.1, -0.05) is 24.3 Å². The minimum absolute atomic E-state index is 0.532. The second kappa shape index (κ2) is 5.64. The van der Waals surface area contributed by atoms with Crippen molar-refractivity contribution in [3.63, 3.8) is 0 Å². The summed E-state index contributed by atoms with van der Waals surface area (Å²) in [7, 11) is 6.43. The Morgan fingerprint density at radius 3 is 1.23 bits per heavy atom. The second-order valence-corrected chi connectivity index (χ2v) is 4.88. The van der Waals surface area contributed by atoms with Gasteiger partial charge in [0.1, 0.15) is 0 Å². The van der Waals surface area contributed by atoms with Crippen molar-refractivity contribution >= 4 is 21.5 Å². The lowest BCUT2D eigenvalue weighted by Gasteiger charge is -2.19. The van der Waals surface area contributed by atoms with Crippen molar-refractivity contribution in [3.05, 3.63) is 36.4 Å². The zero-order valence-corrected chi connectivity index (χ0v) is 13.1. The second-order valence-electron chi connectivity index (χ2n) is 4.88. The summed E-state index contributed by atoms with van der Waals surface area (Å²) >= 11 is 0. The zero-order valence-electron chi connectivity index (χ0n) is 13.1. The molecule has 0 atom stereocenters. The van der Waals surface area contributed by atoms with Crippen LogP contribution in [0.2, 0.25) is 0 Å². The van der Waals surface area contributed by atoms with E-state index in [0.717, 1.165) is 21.5 Å². The highest BCUT2D eigenvalue weighted by molar-refractivity contribution is 6.06. The van der Waals surface area contributed by atoms with Gasteiger partial charge < -0.3 is 18.9 Å². The van der Waals surface area contributed by atoms with E-state index in [4.69, 9.17) is 18.9 Å². The van der Waals surface area contributed by atoms with Gasteiger partial charge in [0.25, 0.3) is 0 Å². The molecule has 4 heteroatoms. The maximum atomic E-state index is 5.58. The number of hydrogen-bond donors (Lipinski definition) is 0. The Bertz CT molecular complexity index is 769. The Morgan fingerprint density at radius 1 is 0.545 bits per heavy atom. The average molecular weight is 298 g/mol. The van der Waals surface area contributed by atoms with E-state index >= 15 is 0 Å². The molecule has 0 unspecified atom stereocenters. The number of rotatable bonds is 4. The summed E-state index contributed by atoms with van der Waals surface area (Å²) < 4.78 is 22.1. The SMILES string of the molecule is COc1c(OC)c(OC)c2cc3ccccc3cc2c1OC. The van der Waals surface area contributed by atoms with Crippen LogP contribution in [-0.2, 0) is 0 Å². The summed E-state index contributed by atoms with van der Waals surface area (Å²) in [6.45, 7) is 0. The van der Waals surface area contributed by atoms with Crippen LogP contribution in [0.3, 0.4) is 0 Å². The molecule has 0 bridgehead atoms. The van der Waals surface area contributed by atoms with Crippen molar-refractivity contribution in [2.75, 3.05) is 28.4 Å². The maximum absolute atomic E-state index is 5.58. The van der Waals surface area contributed by atoms with E-state index in [-0.39, 0.29) is 0 Å². The third kappa shape index (κ3) is 1.99. The molecule has 0 aliphatic carbocycles. The van der Waals surface area contributed by atoms with Crippen LogP contribution in [0.4, 0.5) is 0 Å². The number of methoxy groups -OCH3 is 4. The molecule has 0 fully saturated rings. The smallest absolute Gasteiger partial charge is 0.207 e. The summed E-state index contributed by atoms with van der Waals surface area (Å²) in [6, 6.07) is 12.3. The van der Waals surface area contributed by atoms with Gasteiger partial charge in [-0.15, -0.1) is 0 Å². The minimum Gasteiger partial charge on any atom is -0.492 e. The van der Waals surface area contributed by atoms with Crippen LogP contribution >= 0.6 is 0 Å². The summed E-state index contributed by atoms with van der Waals surface area (Å²) in [4.78, 5) is 0. The fraction of sp³-hybridized carbons (Fsp3) is 0.222.